The lowest BCUT2D eigenvalue weighted by Gasteiger charge is -2.31. The van der Waals surface area contributed by atoms with E-state index in [0.717, 1.165) is 18.4 Å². The molecule has 3 N–H and O–H groups in total. The third-order valence-electron chi connectivity index (χ3n) is 4.18. The van der Waals surface area contributed by atoms with Gasteiger partial charge >= 0.3 is 0 Å². The van der Waals surface area contributed by atoms with Crippen molar-refractivity contribution in [3.05, 3.63) is 34.6 Å². The average Bonchev–Trinajstić information content (AvgIpc) is 2.54. The first-order valence-electron chi connectivity index (χ1n) is 7.64. The highest BCUT2D eigenvalue weighted by Crippen LogP contribution is 2.21. The minimum atomic E-state index is -0.468. The molecule has 0 saturated carbocycles. The first-order chi connectivity index (χ1) is 10.9. The molecule has 1 heterocycles. The Kier molecular flexibility index (Phi) is 5.96. The second-order valence-electron chi connectivity index (χ2n) is 5.86. The maximum absolute atomic E-state index is 13.2. The normalized spacial score (nSPS) is 19.4. The highest BCUT2D eigenvalue weighted by Gasteiger charge is 2.26. The fourth-order valence-corrected chi connectivity index (χ4v) is 2.88. The Balaban J connectivity index is 1.88. The van der Waals surface area contributed by atoms with Crippen LogP contribution < -0.4 is 11.1 Å². The largest absolute Gasteiger partial charge is 0.369 e. The molecule has 0 radical (unpaired) electrons. The van der Waals surface area contributed by atoms with E-state index in [0.29, 0.717) is 13.1 Å². The number of rotatable bonds is 5. The third-order valence-corrected chi connectivity index (χ3v) is 4.47. The summed E-state index contributed by atoms with van der Waals surface area (Å²) in [5.41, 5.74) is 6.12. The number of primary amides is 1. The van der Waals surface area contributed by atoms with E-state index in [-0.39, 0.29) is 35.3 Å². The van der Waals surface area contributed by atoms with E-state index >= 15 is 0 Å². The van der Waals surface area contributed by atoms with Crippen molar-refractivity contribution in [2.24, 2.45) is 11.7 Å². The zero-order valence-corrected chi connectivity index (χ0v) is 13.8. The maximum Gasteiger partial charge on any atom is 0.236 e. The predicted octanol–water partition coefficient (Wildman–Crippen LogP) is 1.85. The van der Waals surface area contributed by atoms with E-state index in [9.17, 15) is 14.0 Å². The van der Waals surface area contributed by atoms with Crippen molar-refractivity contribution in [2.45, 2.75) is 25.8 Å². The minimum Gasteiger partial charge on any atom is -0.369 e. The van der Waals surface area contributed by atoms with Gasteiger partial charge in [0, 0.05) is 19.1 Å². The number of nitrogens with zero attached hydrogens (tertiary/aromatic N) is 1. The lowest BCUT2D eigenvalue weighted by molar-refractivity contribution is -0.134. The number of likely N-dealkylation sites (tertiary alicyclic amines) is 1. The van der Waals surface area contributed by atoms with E-state index in [1.54, 1.807) is 17.0 Å². The molecule has 0 aromatic heterocycles. The Morgan fingerprint density at radius 3 is 2.91 bits per heavy atom. The van der Waals surface area contributed by atoms with Crippen molar-refractivity contribution in [1.82, 2.24) is 10.2 Å². The number of halogens is 2. The molecule has 2 amide bonds. The van der Waals surface area contributed by atoms with E-state index in [1.165, 1.54) is 6.07 Å². The zero-order valence-electron chi connectivity index (χ0n) is 13.0. The third kappa shape index (κ3) is 4.65. The van der Waals surface area contributed by atoms with Crippen LogP contribution in [-0.2, 0) is 9.59 Å². The van der Waals surface area contributed by atoms with Crippen LogP contribution in [0.3, 0.4) is 0 Å². The van der Waals surface area contributed by atoms with Crippen molar-refractivity contribution in [1.29, 1.82) is 0 Å². The molecule has 1 saturated heterocycles. The molecule has 23 heavy (non-hydrogen) atoms. The average molecular weight is 342 g/mol. The Labute approximate surface area is 140 Å². The molecule has 1 aliphatic heterocycles. The molecule has 126 valence electrons. The summed E-state index contributed by atoms with van der Waals surface area (Å²) in [7, 11) is 0. The second-order valence-corrected chi connectivity index (χ2v) is 6.26. The maximum atomic E-state index is 13.2. The molecular formula is C16H21ClFN3O2. The number of benzene rings is 1. The molecule has 0 unspecified atom stereocenters. The van der Waals surface area contributed by atoms with Gasteiger partial charge in [0.2, 0.25) is 11.8 Å². The smallest absolute Gasteiger partial charge is 0.236 e. The van der Waals surface area contributed by atoms with Crippen molar-refractivity contribution in [2.75, 3.05) is 19.6 Å². The SMILES string of the molecule is C[C@H](NCC(=O)N1CCC[C@@H](C(N)=O)C1)c1ccc(F)c(Cl)c1. The number of carbonyl (C=O) groups excluding carboxylic acids is 2. The van der Waals surface area contributed by atoms with Crippen molar-refractivity contribution < 1.29 is 14.0 Å². The van der Waals surface area contributed by atoms with Gasteiger partial charge in [-0.15, -0.1) is 0 Å². The number of piperidine rings is 1. The molecule has 0 spiro atoms. The van der Waals surface area contributed by atoms with Gasteiger partial charge in [-0.3, -0.25) is 9.59 Å². The molecule has 0 bridgehead atoms. The Morgan fingerprint density at radius 2 is 2.26 bits per heavy atom. The fourth-order valence-electron chi connectivity index (χ4n) is 2.69. The number of hydrogen-bond donors (Lipinski definition) is 2. The van der Waals surface area contributed by atoms with Crippen LogP contribution in [0, 0.1) is 11.7 Å². The second kappa shape index (κ2) is 7.75. The first-order valence-corrected chi connectivity index (χ1v) is 8.01. The molecular weight excluding hydrogens is 321 g/mol. The van der Waals surface area contributed by atoms with Crippen LogP contribution in [0.2, 0.25) is 5.02 Å². The van der Waals surface area contributed by atoms with E-state index in [4.69, 9.17) is 17.3 Å². The van der Waals surface area contributed by atoms with Crippen molar-refractivity contribution in [3.63, 3.8) is 0 Å². The molecule has 1 aromatic carbocycles. The van der Waals surface area contributed by atoms with Crippen LogP contribution in [0.25, 0.3) is 0 Å². The Hall–Kier alpha value is -1.66. The lowest BCUT2D eigenvalue weighted by Crippen LogP contribution is -2.47. The van der Waals surface area contributed by atoms with Crippen molar-refractivity contribution in [3.8, 4) is 0 Å². The fraction of sp³-hybridized carbons (Fsp3) is 0.500. The number of hydrogen-bond acceptors (Lipinski definition) is 3. The van der Waals surface area contributed by atoms with Gasteiger partial charge in [-0.1, -0.05) is 17.7 Å². The molecule has 5 nitrogen and oxygen atoms in total. The molecule has 7 heteroatoms. The van der Waals surface area contributed by atoms with Gasteiger partial charge in [0.1, 0.15) is 5.82 Å². The predicted molar refractivity (Wildman–Crippen MR) is 86.3 cm³/mol. The summed E-state index contributed by atoms with van der Waals surface area (Å²) >= 11 is 5.77. The summed E-state index contributed by atoms with van der Waals surface area (Å²) in [6, 6.07) is 4.34. The summed E-state index contributed by atoms with van der Waals surface area (Å²) in [5, 5.41) is 3.16. The number of carbonyl (C=O) groups is 2. The van der Waals surface area contributed by atoms with Gasteiger partial charge < -0.3 is 16.0 Å². The van der Waals surface area contributed by atoms with Gasteiger partial charge in [-0.05, 0) is 37.5 Å². The van der Waals surface area contributed by atoms with Crippen LogP contribution in [0.4, 0.5) is 4.39 Å². The molecule has 1 aliphatic rings. The Bertz CT molecular complexity index is 597. The molecule has 0 aliphatic carbocycles. The standard InChI is InChI=1S/C16H21ClFN3O2/c1-10(11-4-5-14(18)13(17)7-11)20-8-15(22)21-6-2-3-12(9-21)16(19)23/h4-5,7,10,12,20H,2-3,6,8-9H2,1H3,(H2,19,23)/t10-,12+/m0/s1. The number of nitrogens with two attached hydrogens (primary N) is 1. The van der Waals surface area contributed by atoms with Crippen molar-refractivity contribution >= 4 is 23.4 Å². The highest BCUT2D eigenvalue weighted by atomic mass is 35.5. The van der Waals surface area contributed by atoms with Crippen LogP contribution >= 0.6 is 11.6 Å². The summed E-state index contributed by atoms with van der Waals surface area (Å²) < 4.78 is 13.2. The topological polar surface area (TPSA) is 75.4 Å². The zero-order chi connectivity index (χ0) is 17.0. The summed E-state index contributed by atoms with van der Waals surface area (Å²) in [6.45, 7) is 3.04. The molecule has 2 atom stereocenters. The lowest BCUT2D eigenvalue weighted by atomic mass is 9.97. The minimum absolute atomic E-state index is 0.0582. The molecule has 1 aromatic rings. The molecule has 2 rings (SSSR count). The van der Waals surface area contributed by atoms with E-state index in [2.05, 4.69) is 5.32 Å². The van der Waals surface area contributed by atoms with Crippen LogP contribution in [0.15, 0.2) is 18.2 Å². The number of nitrogens with one attached hydrogen (secondary N) is 1. The number of amides is 2. The van der Waals surface area contributed by atoms with Gasteiger partial charge in [-0.2, -0.15) is 0 Å². The highest BCUT2D eigenvalue weighted by molar-refractivity contribution is 6.30. The van der Waals surface area contributed by atoms with Gasteiger partial charge in [0.25, 0.3) is 0 Å². The quantitative estimate of drug-likeness (QED) is 0.858. The Morgan fingerprint density at radius 1 is 1.52 bits per heavy atom. The summed E-state index contributed by atoms with van der Waals surface area (Å²) in [5.74, 6) is -1.16. The van der Waals surface area contributed by atoms with E-state index in [1.807, 2.05) is 6.92 Å². The van der Waals surface area contributed by atoms with E-state index < -0.39 is 5.82 Å². The summed E-state index contributed by atoms with van der Waals surface area (Å²) in [6.07, 6.45) is 1.51. The van der Waals surface area contributed by atoms with Gasteiger partial charge in [0.15, 0.2) is 0 Å². The molecule has 1 fully saturated rings. The summed E-state index contributed by atoms with van der Waals surface area (Å²) in [4.78, 5) is 25.2. The van der Waals surface area contributed by atoms with Gasteiger partial charge in [0.05, 0.1) is 17.5 Å². The van der Waals surface area contributed by atoms with Gasteiger partial charge in [-0.25, -0.2) is 4.39 Å². The van der Waals surface area contributed by atoms with Crippen LogP contribution in [-0.4, -0.2) is 36.3 Å². The first kappa shape index (κ1) is 17.7. The van der Waals surface area contributed by atoms with Crippen LogP contribution in [0.1, 0.15) is 31.4 Å². The monoisotopic (exact) mass is 341 g/mol. The van der Waals surface area contributed by atoms with Crippen LogP contribution in [0.5, 0.6) is 0 Å².